The standard InChI is InChI=1S/C55H40N2/c1-55(2)47-27-11-8-26-45(47)54-48(55)28-16-32-53(54)57-51-30-13-10-25-44(51)46-36-39(33-34-52(46)57)38-19-14-20-40(35-38)43-24-9-12-29-49(43)56(41-21-4-3-5-22-41)50-31-15-18-37-17-6-7-23-42(37)50/h3-36H,1-2H3. The Hall–Kier alpha value is -7.16. The molecule has 1 heterocycles. The smallest absolute Gasteiger partial charge is 0.0543 e. The van der Waals surface area contributed by atoms with Crippen LogP contribution in [0.2, 0.25) is 0 Å². The van der Waals surface area contributed by atoms with Crippen LogP contribution >= 0.6 is 0 Å². The van der Waals surface area contributed by atoms with E-state index in [0.717, 1.165) is 17.1 Å². The number of fused-ring (bicyclic) bond motifs is 7. The second-order valence-corrected chi connectivity index (χ2v) is 15.7. The number of hydrogen-bond acceptors (Lipinski definition) is 1. The third-order valence-corrected chi connectivity index (χ3v) is 12.2. The Balaban J connectivity index is 1.06. The summed E-state index contributed by atoms with van der Waals surface area (Å²) >= 11 is 0. The van der Waals surface area contributed by atoms with E-state index in [1.54, 1.807) is 0 Å². The quantitative estimate of drug-likeness (QED) is 0.165. The summed E-state index contributed by atoms with van der Waals surface area (Å²) in [5.74, 6) is 0. The van der Waals surface area contributed by atoms with E-state index in [2.05, 4.69) is 230 Å². The van der Waals surface area contributed by atoms with Gasteiger partial charge in [0.1, 0.15) is 0 Å². The zero-order chi connectivity index (χ0) is 38.1. The lowest BCUT2D eigenvalue weighted by Gasteiger charge is -2.29. The largest absolute Gasteiger partial charge is 0.309 e. The Morgan fingerprint density at radius 3 is 1.91 bits per heavy atom. The van der Waals surface area contributed by atoms with Crippen molar-refractivity contribution >= 4 is 49.6 Å². The molecule has 0 atom stereocenters. The highest BCUT2D eigenvalue weighted by Crippen LogP contribution is 2.52. The van der Waals surface area contributed by atoms with E-state index in [0.29, 0.717) is 0 Å². The zero-order valence-corrected chi connectivity index (χ0v) is 32.0. The lowest BCUT2D eigenvalue weighted by atomic mass is 9.82. The van der Waals surface area contributed by atoms with E-state index in [-0.39, 0.29) is 5.41 Å². The number of aromatic nitrogens is 1. The van der Waals surface area contributed by atoms with Gasteiger partial charge in [-0.1, -0.05) is 166 Å². The van der Waals surface area contributed by atoms with Crippen LogP contribution in [0, 0.1) is 0 Å². The van der Waals surface area contributed by atoms with Crippen molar-refractivity contribution in [1.29, 1.82) is 0 Å². The van der Waals surface area contributed by atoms with Crippen LogP contribution in [-0.2, 0) is 5.41 Å². The average Bonchev–Trinajstić information content (AvgIpc) is 3.72. The predicted molar refractivity (Wildman–Crippen MR) is 241 cm³/mol. The van der Waals surface area contributed by atoms with Crippen LogP contribution < -0.4 is 4.90 Å². The molecule has 0 saturated heterocycles. The molecule has 0 fully saturated rings. The summed E-state index contributed by atoms with van der Waals surface area (Å²) in [7, 11) is 0. The van der Waals surface area contributed by atoms with Crippen molar-refractivity contribution in [2.45, 2.75) is 19.3 Å². The molecular weight excluding hydrogens is 689 g/mol. The number of rotatable bonds is 6. The molecule has 1 aliphatic carbocycles. The number of benzene rings is 9. The highest BCUT2D eigenvalue weighted by atomic mass is 15.1. The second kappa shape index (κ2) is 13.0. The van der Waals surface area contributed by atoms with Gasteiger partial charge in [0.2, 0.25) is 0 Å². The van der Waals surface area contributed by atoms with Gasteiger partial charge in [-0.25, -0.2) is 0 Å². The summed E-state index contributed by atoms with van der Waals surface area (Å²) in [6.45, 7) is 4.71. The third-order valence-electron chi connectivity index (χ3n) is 12.2. The monoisotopic (exact) mass is 728 g/mol. The van der Waals surface area contributed by atoms with Crippen molar-refractivity contribution in [2.75, 3.05) is 4.90 Å². The SMILES string of the molecule is CC1(C)c2ccccc2-c2c(-n3c4ccccc4c4cc(-c5cccc(-c6ccccc6N(c6ccccc6)c6cccc7ccccc67)c5)ccc43)cccc21. The van der Waals surface area contributed by atoms with E-state index >= 15 is 0 Å². The lowest BCUT2D eigenvalue weighted by Crippen LogP contribution is -2.14. The second-order valence-electron chi connectivity index (χ2n) is 15.7. The number of anilines is 3. The Labute approximate surface area is 333 Å². The molecule has 0 saturated carbocycles. The van der Waals surface area contributed by atoms with Crippen molar-refractivity contribution in [1.82, 2.24) is 4.57 Å². The minimum absolute atomic E-state index is 0.0650. The molecule has 2 heteroatoms. The van der Waals surface area contributed by atoms with Gasteiger partial charge in [-0.05, 0) is 93.4 Å². The van der Waals surface area contributed by atoms with Crippen molar-refractivity contribution in [2.24, 2.45) is 0 Å². The number of hydrogen-bond donors (Lipinski definition) is 0. The van der Waals surface area contributed by atoms with Gasteiger partial charge in [0.25, 0.3) is 0 Å². The Morgan fingerprint density at radius 1 is 0.404 bits per heavy atom. The van der Waals surface area contributed by atoms with Gasteiger partial charge in [-0.3, -0.25) is 0 Å². The van der Waals surface area contributed by atoms with Crippen LogP contribution in [0.5, 0.6) is 0 Å². The molecule has 0 bridgehead atoms. The molecule has 0 spiro atoms. The van der Waals surface area contributed by atoms with Gasteiger partial charge in [0.05, 0.1) is 28.1 Å². The first-order valence-electron chi connectivity index (χ1n) is 19.9. The summed E-state index contributed by atoms with van der Waals surface area (Å²) < 4.78 is 2.49. The first kappa shape index (κ1) is 33.2. The highest BCUT2D eigenvalue weighted by molar-refractivity contribution is 6.11. The molecule has 57 heavy (non-hydrogen) atoms. The van der Waals surface area contributed by atoms with E-state index in [1.807, 2.05) is 0 Å². The Kier molecular flexibility index (Phi) is 7.55. The van der Waals surface area contributed by atoms with Crippen LogP contribution in [0.25, 0.3) is 71.6 Å². The van der Waals surface area contributed by atoms with Gasteiger partial charge < -0.3 is 9.47 Å². The molecule has 9 aromatic carbocycles. The van der Waals surface area contributed by atoms with E-state index in [1.165, 1.54) is 82.8 Å². The summed E-state index contributed by atoms with van der Waals surface area (Å²) in [5, 5.41) is 4.95. The molecule has 270 valence electrons. The molecular formula is C55H40N2. The number of nitrogens with zero attached hydrogens (tertiary/aromatic N) is 2. The Morgan fingerprint density at radius 2 is 1.02 bits per heavy atom. The molecule has 0 radical (unpaired) electrons. The minimum atomic E-state index is -0.0650. The third kappa shape index (κ3) is 5.18. The summed E-state index contributed by atoms with van der Waals surface area (Å²) in [6.07, 6.45) is 0. The average molecular weight is 729 g/mol. The van der Waals surface area contributed by atoms with Crippen molar-refractivity contribution < 1.29 is 0 Å². The summed E-state index contributed by atoms with van der Waals surface area (Å²) in [5.41, 5.74) is 17.2. The van der Waals surface area contributed by atoms with Gasteiger partial charge in [-0.15, -0.1) is 0 Å². The van der Waals surface area contributed by atoms with Crippen LogP contribution in [-0.4, -0.2) is 4.57 Å². The fourth-order valence-electron chi connectivity index (χ4n) is 9.50. The fraction of sp³-hybridized carbons (Fsp3) is 0.0545. The maximum Gasteiger partial charge on any atom is 0.0543 e. The van der Waals surface area contributed by atoms with Crippen molar-refractivity contribution in [3.8, 4) is 39.1 Å². The normalized spacial score (nSPS) is 12.9. The first-order valence-corrected chi connectivity index (χ1v) is 19.9. The van der Waals surface area contributed by atoms with Gasteiger partial charge in [-0.2, -0.15) is 0 Å². The zero-order valence-electron chi connectivity index (χ0n) is 32.0. The van der Waals surface area contributed by atoms with Crippen LogP contribution in [0.15, 0.2) is 206 Å². The van der Waals surface area contributed by atoms with Crippen molar-refractivity contribution in [3.05, 3.63) is 217 Å². The molecule has 0 unspecified atom stereocenters. The summed E-state index contributed by atoms with van der Waals surface area (Å²) in [4.78, 5) is 2.41. The maximum atomic E-state index is 2.49. The molecule has 1 aromatic heterocycles. The van der Waals surface area contributed by atoms with Crippen LogP contribution in [0.4, 0.5) is 17.1 Å². The molecule has 2 nitrogen and oxygen atoms in total. The van der Waals surface area contributed by atoms with Gasteiger partial charge in [0.15, 0.2) is 0 Å². The molecule has 1 aliphatic rings. The van der Waals surface area contributed by atoms with E-state index < -0.39 is 0 Å². The predicted octanol–water partition coefficient (Wildman–Crippen LogP) is 15.0. The topological polar surface area (TPSA) is 8.17 Å². The first-order chi connectivity index (χ1) is 28.1. The molecule has 0 amide bonds. The van der Waals surface area contributed by atoms with Crippen molar-refractivity contribution in [3.63, 3.8) is 0 Å². The molecule has 11 rings (SSSR count). The fourth-order valence-corrected chi connectivity index (χ4v) is 9.50. The molecule has 0 N–H and O–H groups in total. The lowest BCUT2D eigenvalue weighted by molar-refractivity contribution is 0.660. The van der Waals surface area contributed by atoms with E-state index in [9.17, 15) is 0 Å². The maximum absolute atomic E-state index is 2.49. The van der Waals surface area contributed by atoms with Crippen LogP contribution in [0.1, 0.15) is 25.0 Å². The molecule has 0 aliphatic heterocycles. The number of para-hydroxylation sites is 3. The van der Waals surface area contributed by atoms with Crippen LogP contribution in [0.3, 0.4) is 0 Å². The van der Waals surface area contributed by atoms with E-state index in [4.69, 9.17) is 0 Å². The van der Waals surface area contributed by atoms with Gasteiger partial charge >= 0.3 is 0 Å². The Bertz CT molecular complexity index is 3160. The molecule has 10 aromatic rings. The minimum Gasteiger partial charge on any atom is -0.309 e. The van der Waals surface area contributed by atoms with Gasteiger partial charge in [0, 0.05) is 38.4 Å². The summed E-state index contributed by atoms with van der Waals surface area (Å²) in [6, 6.07) is 75.5. The highest BCUT2D eigenvalue weighted by Gasteiger charge is 2.37.